The molecule has 170 valence electrons. The second-order valence-electron chi connectivity index (χ2n) is 7.79. The fourth-order valence-electron chi connectivity index (χ4n) is 3.58. The van der Waals surface area contributed by atoms with Gasteiger partial charge in [-0.25, -0.2) is 9.18 Å². The average molecular weight is 461 g/mol. The normalized spacial score (nSPS) is 15.0. The highest BCUT2D eigenvalue weighted by atomic mass is 35.5. The first-order chi connectivity index (χ1) is 15.3. The van der Waals surface area contributed by atoms with Crippen molar-refractivity contribution < 1.29 is 18.8 Å². The summed E-state index contributed by atoms with van der Waals surface area (Å²) in [6, 6.07) is 11.6. The number of nitrogens with one attached hydrogen (secondary N) is 3. The highest BCUT2D eigenvalue weighted by Gasteiger charge is 2.27. The van der Waals surface area contributed by atoms with Crippen LogP contribution in [0.5, 0.6) is 0 Å². The number of carbonyl (C=O) groups is 3. The Kier molecular flexibility index (Phi) is 8.05. The minimum atomic E-state index is -0.760. The van der Waals surface area contributed by atoms with E-state index in [-0.39, 0.29) is 36.1 Å². The molecule has 9 heteroatoms. The lowest BCUT2D eigenvalue weighted by Gasteiger charge is -2.33. The molecule has 3 rings (SSSR count). The van der Waals surface area contributed by atoms with Crippen LogP contribution in [0.25, 0.3) is 0 Å². The number of hydrogen-bond donors (Lipinski definition) is 3. The Hall–Kier alpha value is -3.13. The van der Waals surface area contributed by atoms with Gasteiger partial charge in [0.25, 0.3) is 0 Å². The maximum atomic E-state index is 13.1. The highest BCUT2D eigenvalue weighted by molar-refractivity contribution is 6.30. The molecule has 3 N–H and O–H groups in total. The van der Waals surface area contributed by atoms with Crippen LogP contribution in [-0.4, -0.2) is 47.9 Å². The number of likely N-dealkylation sites (tertiary alicyclic amines) is 1. The number of urea groups is 1. The van der Waals surface area contributed by atoms with E-state index in [0.29, 0.717) is 36.6 Å². The quantitative estimate of drug-likeness (QED) is 0.617. The molecular formula is C23H26ClFN4O3. The van der Waals surface area contributed by atoms with E-state index < -0.39 is 6.04 Å². The largest absolute Gasteiger partial charge is 0.351 e. The number of carbonyl (C=O) groups excluding carboxylic acids is 3. The number of amides is 4. The molecule has 2 aromatic rings. The maximum Gasteiger partial charge on any atom is 0.321 e. The minimum Gasteiger partial charge on any atom is -0.351 e. The second-order valence-corrected chi connectivity index (χ2v) is 8.23. The van der Waals surface area contributed by atoms with Gasteiger partial charge in [0.05, 0.1) is 0 Å². The first-order valence-corrected chi connectivity index (χ1v) is 10.8. The predicted octanol–water partition coefficient (Wildman–Crippen LogP) is 3.34. The van der Waals surface area contributed by atoms with Gasteiger partial charge in [0, 0.05) is 43.2 Å². The molecule has 1 atom stereocenters. The fraction of sp³-hybridized carbons (Fsp3) is 0.348. The predicted molar refractivity (Wildman–Crippen MR) is 121 cm³/mol. The molecule has 2 aromatic carbocycles. The zero-order valence-electron chi connectivity index (χ0n) is 17.7. The van der Waals surface area contributed by atoms with Crippen LogP contribution in [0.1, 0.15) is 25.3 Å². The molecular weight excluding hydrogens is 435 g/mol. The highest BCUT2D eigenvalue weighted by Crippen LogP contribution is 2.16. The van der Waals surface area contributed by atoms with Gasteiger partial charge in [0.1, 0.15) is 11.9 Å². The Morgan fingerprint density at radius 1 is 1.06 bits per heavy atom. The first kappa shape index (κ1) is 23.5. The van der Waals surface area contributed by atoms with Gasteiger partial charge in [0.15, 0.2) is 0 Å². The van der Waals surface area contributed by atoms with Gasteiger partial charge in [-0.05, 0) is 54.8 Å². The van der Waals surface area contributed by atoms with E-state index in [1.165, 1.54) is 19.1 Å². The number of halogens is 2. The fourth-order valence-corrected chi connectivity index (χ4v) is 3.70. The van der Waals surface area contributed by atoms with Crippen LogP contribution in [0.15, 0.2) is 48.5 Å². The summed E-state index contributed by atoms with van der Waals surface area (Å²) < 4.78 is 13.1. The summed E-state index contributed by atoms with van der Waals surface area (Å²) in [6.07, 6.45) is 1.46. The summed E-state index contributed by atoms with van der Waals surface area (Å²) in [5.74, 6) is -0.976. The lowest BCUT2D eigenvalue weighted by molar-refractivity contribution is -0.128. The number of benzene rings is 2. The molecule has 0 aliphatic carbocycles. The molecule has 0 aromatic heterocycles. The van der Waals surface area contributed by atoms with Crippen molar-refractivity contribution >= 4 is 35.1 Å². The van der Waals surface area contributed by atoms with Crippen LogP contribution in [0.4, 0.5) is 14.9 Å². The van der Waals surface area contributed by atoms with E-state index in [4.69, 9.17) is 11.6 Å². The molecule has 1 unspecified atom stereocenters. The molecule has 1 aliphatic heterocycles. The SMILES string of the molecule is CC(=O)NC(Cc1ccc(F)cc1)C(=O)NC1CCN(C(=O)Nc2ccc(Cl)cc2)CC1. The van der Waals surface area contributed by atoms with Crippen molar-refractivity contribution in [1.29, 1.82) is 0 Å². The molecule has 0 bridgehead atoms. The summed E-state index contributed by atoms with van der Waals surface area (Å²) in [4.78, 5) is 38.5. The molecule has 0 spiro atoms. The summed E-state index contributed by atoms with van der Waals surface area (Å²) in [6.45, 7) is 2.34. The van der Waals surface area contributed by atoms with Crippen molar-refractivity contribution in [2.45, 2.75) is 38.3 Å². The van der Waals surface area contributed by atoms with Crippen LogP contribution < -0.4 is 16.0 Å². The number of piperidine rings is 1. The van der Waals surface area contributed by atoms with Crippen molar-refractivity contribution in [2.75, 3.05) is 18.4 Å². The maximum absolute atomic E-state index is 13.1. The molecule has 1 aliphatic rings. The lowest BCUT2D eigenvalue weighted by Crippen LogP contribution is -2.53. The number of rotatable bonds is 6. The third kappa shape index (κ3) is 6.95. The van der Waals surface area contributed by atoms with Crippen molar-refractivity contribution in [2.24, 2.45) is 0 Å². The van der Waals surface area contributed by atoms with Gasteiger partial charge in [-0.15, -0.1) is 0 Å². The van der Waals surface area contributed by atoms with Crippen molar-refractivity contribution in [3.05, 3.63) is 64.9 Å². The van der Waals surface area contributed by atoms with E-state index in [9.17, 15) is 18.8 Å². The molecule has 4 amide bonds. The van der Waals surface area contributed by atoms with Gasteiger partial charge in [-0.2, -0.15) is 0 Å². The summed E-state index contributed by atoms with van der Waals surface area (Å²) in [7, 11) is 0. The first-order valence-electron chi connectivity index (χ1n) is 10.4. The van der Waals surface area contributed by atoms with E-state index >= 15 is 0 Å². The van der Waals surface area contributed by atoms with Crippen molar-refractivity contribution in [3.63, 3.8) is 0 Å². The Morgan fingerprint density at radius 3 is 2.28 bits per heavy atom. The summed E-state index contributed by atoms with van der Waals surface area (Å²) >= 11 is 5.86. The molecule has 32 heavy (non-hydrogen) atoms. The van der Waals surface area contributed by atoms with Crippen LogP contribution in [0.3, 0.4) is 0 Å². The Balaban J connectivity index is 1.50. The van der Waals surface area contributed by atoms with E-state index in [1.807, 2.05) is 0 Å². The lowest BCUT2D eigenvalue weighted by atomic mass is 10.0. The molecule has 0 saturated carbocycles. The smallest absolute Gasteiger partial charge is 0.321 e. The molecule has 0 radical (unpaired) electrons. The number of nitrogens with zero attached hydrogens (tertiary/aromatic N) is 1. The number of anilines is 1. The third-order valence-corrected chi connectivity index (χ3v) is 5.52. The van der Waals surface area contributed by atoms with E-state index in [1.54, 1.807) is 41.3 Å². The van der Waals surface area contributed by atoms with Crippen LogP contribution in [-0.2, 0) is 16.0 Å². The topological polar surface area (TPSA) is 90.5 Å². The summed E-state index contributed by atoms with van der Waals surface area (Å²) in [5, 5.41) is 9.06. The Labute approximate surface area is 191 Å². The summed E-state index contributed by atoms with van der Waals surface area (Å²) in [5.41, 5.74) is 1.41. The van der Waals surface area contributed by atoms with Crippen molar-refractivity contribution in [1.82, 2.24) is 15.5 Å². The minimum absolute atomic E-state index is 0.105. The monoisotopic (exact) mass is 460 g/mol. The molecule has 7 nitrogen and oxygen atoms in total. The van der Waals surface area contributed by atoms with Crippen LogP contribution >= 0.6 is 11.6 Å². The molecule has 1 fully saturated rings. The Morgan fingerprint density at radius 2 is 1.69 bits per heavy atom. The average Bonchev–Trinajstić information content (AvgIpc) is 2.76. The standard InChI is InChI=1S/C23H26ClFN4O3/c1-15(30)26-21(14-16-2-6-18(25)7-3-16)22(31)27-20-10-12-29(13-11-20)23(32)28-19-8-4-17(24)5-9-19/h2-9,20-21H,10-14H2,1H3,(H,26,30)(H,27,31)(H,28,32). The second kappa shape index (κ2) is 10.9. The molecule has 1 saturated heterocycles. The van der Waals surface area contributed by atoms with Gasteiger partial charge < -0.3 is 20.9 Å². The zero-order valence-corrected chi connectivity index (χ0v) is 18.5. The zero-order chi connectivity index (χ0) is 23.1. The van der Waals surface area contributed by atoms with Gasteiger partial charge in [-0.1, -0.05) is 23.7 Å². The third-order valence-electron chi connectivity index (χ3n) is 5.27. The Bertz CT molecular complexity index is 945. The van der Waals surface area contributed by atoms with Gasteiger partial charge in [0.2, 0.25) is 11.8 Å². The van der Waals surface area contributed by atoms with Gasteiger partial charge >= 0.3 is 6.03 Å². The van der Waals surface area contributed by atoms with Crippen LogP contribution in [0, 0.1) is 5.82 Å². The van der Waals surface area contributed by atoms with E-state index in [2.05, 4.69) is 16.0 Å². The molecule has 1 heterocycles. The number of hydrogen-bond acceptors (Lipinski definition) is 3. The van der Waals surface area contributed by atoms with E-state index in [0.717, 1.165) is 5.56 Å². The van der Waals surface area contributed by atoms with Crippen molar-refractivity contribution in [3.8, 4) is 0 Å². The van der Waals surface area contributed by atoms with Crippen LogP contribution in [0.2, 0.25) is 5.02 Å². The van der Waals surface area contributed by atoms with Gasteiger partial charge in [-0.3, -0.25) is 9.59 Å².